The summed E-state index contributed by atoms with van der Waals surface area (Å²) in [6.45, 7) is 5.61. The largest absolute Gasteiger partial charge is 0.324 e. The number of hydrogen-bond donors (Lipinski definition) is 2. The molecule has 2 atom stereocenters. The fraction of sp³-hybridized carbons (Fsp3) is 0.647. The Labute approximate surface area is 118 Å². The zero-order chi connectivity index (χ0) is 13.9. The van der Waals surface area contributed by atoms with Gasteiger partial charge in [-0.1, -0.05) is 56.5 Å². The Hall–Kier alpha value is -0.860. The molecule has 0 radical (unpaired) electrons. The van der Waals surface area contributed by atoms with Crippen molar-refractivity contribution >= 4 is 0 Å². The van der Waals surface area contributed by atoms with Crippen LogP contribution in [0.25, 0.3) is 0 Å². The van der Waals surface area contributed by atoms with Crippen LogP contribution in [0.5, 0.6) is 0 Å². The van der Waals surface area contributed by atoms with Crippen molar-refractivity contribution in [3.8, 4) is 0 Å². The SMILES string of the molecule is CCCCCC(C)NCCCC(N)c1ccccc1. The minimum atomic E-state index is 0.179. The lowest BCUT2D eigenvalue weighted by Crippen LogP contribution is -2.27. The highest BCUT2D eigenvalue weighted by atomic mass is 14.9. The van der Waals surface area contributed by atoms with E-state index in [2.05, 4.69) is 43.4 Å². The summed E-state index contributed by atoms with van der Waals surface area (Å²) >= 11 is 0. The Morgan fingerprint density at radius 3 is 2.47 bits per heavy atom. The van der Waals surface area contributed by atoms with Crippen LogP contribution in [-0.2, 0) is 0 Å². The smallest absolute Gasteiger partial charge is 0.0295 e. The summed E-state index contributed by atoms with van der Waals surface area (Å²) in [5, 5.41) is 3.59. The van der Waals surface area contributed by atoms with Gasteiger partial charge in [-0.3, -0.25) is 0 Å². The van der Waals surface area contributed by atoms with Crippen LogP contribution in [0.2, 0.25) is 0 Å². The molecule has 0 saturated heterocycles. The number of unbranched alkanes of at least 4 members (excludes halogenated alkanes) is 2. The third-order valence-corrected chi connectivity index (χ3v) is 3.65. The summed E-state index contributed by atoms with van der Waals surface area (Å²) in [6, 6.07) is 11.2. The van der Waals surface area contributed by atoms with E-state index in [1.54, 1.807) is 0 Å². The quantitative estimate of drug-likeness (QED) is 0.625. The number of nitrogens with two attached hydrogens (primary N) is 1. The van der Waals surface area contributed by atoms with Crippen molar-refractivity contribution in [1.82, 2.24) is 5.32 Å². The van der Waals surface area contributed by atoms with Gasteiger partial charge < -0.3 is 11.1 Å². The molecule has 0 saturated carbocycles. The fourth-order valence-electron chi connectivity index (χ4n) is 2.34. The number of hydrogen-bond acceptors (Lipinski definition) is 2. The summed E-state index contributed by atoms with van der Waals surface area (Å²) < 4.78 is 0. The van der Waals surface area contributed by atoms with E-state index in [0.717, 1.165) is 19.4 Å². The van der Waals surface area contributed by atoms with E-state index in [9.17, 15) is 0 Å². The van der Waals surface area contributed by atoms with Gasteiger partial charge in [0, 0.05) is 12.1 Å². The Morgan fingerprint density at radius 1 is 1.05 bits per heavy atom. The minimum absolute atomic E-state index is 0.179. The van der Waals surface area contributed by atoms with Gasteiger partial charge >= 0.3 is 0 Å². The topological polar surface area (TPSA) is 38.0 Å². The van der Waals surface area contributed by atoms with Gasteiger partial charge in [0.1, 0.15) is 0 Å². The predicted octanol–water partition coefficient (Wildman–Crippen LogP) is 4.03. The van der Waals surface area contributed by atoms with Crippen molar-refractivity contribution in [3.63, 3.8) is 0 Å². The third-order valence-electron chi connectivity index (χ3n) is 3.65. The Bertz CT molecular complexity index is 310. The zero-order valence-electron chi connectivity index (χ0n) is 12.6. The van der Waals surface area contributed by atoms with E-state index in [1.807, 2.05) is 6.07 Å². The predicted molar refractivity (Wildman–Crippen MR) is 84.2 cm³/mol. The molecule has 108 valence electrons. The van der Waals surface area contributed by atoms with Crippen molar-refractivity contribution < 1.29 is 0 Å². The molecule has 2 nitrogen and oxygen atoms in total. The molecule has 1 aromatic carbocycles. The molecular formula is C17H30N2. The lowest BCUT2D eigenvalue weighted by molar-refractivity contribution is 0.468. The molecule has 3 N–H and O–H groups in total. The first kappa shape index (κ1) is 16.2. The molecule has 0 amide bonds. The van der Waals surface area contributed by atoms with Crippen LogP contribution in [-0.4, -0.2) is 12.6 Å². The van der Waals surface area contributed by atoms with Crippen molar-refractivity contribution in [1.29, 1.82) is 0 Å². The van der Waals surface area contributed by atoms with Crippen LogP contribution in [0.1, 0.15) is 64.0 Å². The molecule has 0 aliphatic carbocycles. The van der Waals surface area contributed by atoms with Crippen molar-refractivity contribution in [2.75, 3.05) is 6.54 Å². The summed E-state index contributed by atoms with van der Waals surface area (Å²) in [6.07, 6.45) is 7.49. The normalized spacial score (nSPS) is 14.3. The highest BCUT2D eigenvalue weighted by molar-refractivity contribution is 5.18. The Kier molecular flexibility index (Phi) is 8.52. The highest BCUT2D eigenvalue weighted by Gasteiger charge is 2.05. The Balaban J connectivity index is 2.07. The summed E-state index contributed by atoms with van der Waals surface area (Å²) in [7, 11) is 0. The molecule has 2 unspecified atom stereocenters. The molecule has 0 spiro atoms. The van der Waals surface area contributed by atoms with Gasteiger partial charge in [-0.15, -0.1) is 0 Å². The number of benzene rings is 1. The first-order valence-corrected chi connectivity index (χ1v) is 7.78. The van der Waals surface area contributed by atoms with Gasteiger partial charge in [0.25, 0.3) is 0 Å². The van der Waals surface area contributed by atoms with Crippen molar-refractivity contribution in [3.05, 3.63) is 35.9 Å². The second-order valence-electron chi connectivity index (χ2n) is 5.51. The third kappa shape index (κ3) is 7.34. The van der Waals surface area contributed by atoms with Crippen molar-refractivity contribution in [2.24, 2.45) is 5.73 Å². The molecule has 0 heterocycles. The lowest BCUT2D eigenvalue weighted by Gasteiger charge is -2.15. The van der Waals surface area contributed by atoms with E-state index in [0.29, 0.717) is 6.04 Å². The monoisotopic (exact) mass is 262 g/mol. The summed E-state index contributed by atoms with van der Waals surface area (Å²) in [4.78, 5) is 0. The van der Waals surface area contributed by atoms with Crippen LogP contribution in [0.3, 0.4) is 0 Å². The molecule has 19 heavy (non-hydrogen) atoms. The maximum absolute atomic E-state index is 6.18. The number of rotatable bonds is 10. The van der Waals surface area contributed by atoms with E-state index >= 15 is 0 Å². The molecule has 1 rings (SSSR count). The van der Waals surface area contributed by atoms with E-state index in [-0.39, 0.29) is 6.04 Å². The van der Waals surface area contributed by atoms with E-state index in [4.69, 9.17) is 5.73 Å². The van der Waals surface area contributed by atoms with Gasteiger partial charge in [-0.2, -0.15) is 0 Å². The fourth-order valence-corrected chi connectivity index (χ4v) is 2.34. The van der Waals surface area contributed by atoms with Crippen LogP contribution in [0.15, 0.2) is 30.3 Å². The van der Waals surface area contributed by atoms with Crippen molar-refractivity contribution in [2.45, 2.75) is 64.5 Å². The summed E-state index contributed by atoms with van der Waals surface area (Å²) in [5.74, 6) is 0. The van der Waals surface area contributed by atoms with E-state index in [1.165, 1.54) is 31.2 Å². The lowest BCUT2D eigenvalue weighted by atomic mass is 10.0. The molecule has 0 aliphatic heterocycles. The zero-order valence-corrected chi connectivity index (χ0v) is 12.6. The maximum Gasteiger partial charge on any atom is 0.0295 e. The van der Waals surface area contributed by atoms with Crippen LogP contribution >= 0.6 is 0 Å². The van der Waals surface area contributed by atoms with Crippen LogP contribution < -0.4 is 11.1 Å². The first-order chi connectivity index (χ1) is 9.24. The maximum atomic E-state index is 6.18. The molecule has 2 heteroatoms. The number of nitrogens with one attached hydrogen (secondary N) is 1. The van der Waals surface area contributed by atoms with Crippen LogP contribution in [0, 0.1) is 0 Å². The second kappa shape index (κ2) is 9.99. The van der Waals surface area contributed by atoms with Gasteiger partial charge in [-0.25, -0.2) is 0 Å². The molecule has 0 fully saturated rings. The van der Waals surface area contributed by atoms with Gasteiger partial charge in [0.05, 0.1) is 0 Å². The standard InChI is InChI=1S/C17H30N2/c1-3-4-6-10-15(2)19-14-9-13-17(18)16-11-7-5-8-12-16/h5,7-8,11-12,15,17,19H,3-4,6,9-10,13-14,18H2,1-2H3. The average molecular weight is 262 g/mol. The van der Waals surface area contributed by atoms with Gasteiger partial charge in [0.2, 0.25) is 0 Å². The Morgan fingerprint density at radius 2 is 1.79 bits per heavy atom. The van der Waals surface area contributed by atoms with E-state index < -0.39 is 0 Å². The molecular weight excluding hydrogens is 232 g/mol. The summed E-state index contributed by atoms with van der Waals surface area (Å²) in [5.41, 5.74) is 7.43. The molecule has 0 aliphatic rings. The molecule has 1 aromatic rings. The highest BCUT2D eigenvalue weighted by Crippen LogP contribution is 2.14. The second-order valence-corrected chi connectivity index (χ2v) is 5.51. The van der Waals surface area contributed by atoms with Gasteiger partial charge in [-0.05, 0) is 38.3 Å². The first-order valence-electron chi connectivity index (χ1n) is 7.78. The van der Waals surface area contributed by atoms with Gasteiger partial charge in [0.15, 0.2) is 0 Å². The van der Waals surface area contributed by atoms with Crippen LogP contribution in [0.4, 0.5) is 0 Å². The molecule has 0 aromatic heterocycles. The average Bonchev–Trinajstić information content (AvgIpc) is 2.44. The minimum Gasteiger partial charge on any atom is -0.324 e. The molecule has 0 bridgehead atoms.